The highest BCUT2D eigenvalue weighted by Gasteiger charge is 2.63. The van der Waals surface area contributed by atoms with Crippen molar-refractivity contribution in [2.24, 2.45) is 58.0 Å². The lowest BCUT2D eigenvalue weighted by molar-refractivity contribution is -0.157. The minimum atomic E-state index is -4.92. The van der Waals surface area contributed by atoms with Crippen LogP contribution in [0.2, 0.25) is 0 Å². The molecule has 0 bridgehead atoms. The van der Waals surface area contributed by atoms with E-state index in [2.05, 4.69) is 40.9 Å². The van der Waals surface area contributed by atoms with Crippen molar-refractivity contribution in [1.29, 1.82) is 0 Å². The van der Waals surface area contributed by atoms with Crippen LogP contribution in [0.3, 0.4) is 0 Å². The minimum absolute atomic E-state index is 0.0712. The van der Waals surface area contributed by atoms with Crippen molar-refractivity contribution in [1.82, 2.24) is 10.6 Å². The molecule has 282 valence electrons. The Balaban J connectivity index is 1.30. The summed E-state index contributed by atoms with van der Waals surface area (Å²) >= 11 is 0. The number of fused-ring (bicyclic) bond motifs is 5. The lowest BCUT2D eigenvalue weighted by Crippen LogP contribution is -2.59. The summed E-state index contributed by atoms with van der Waals surface area (Å²) in [4.78, 5) is 0. The van der Waals surface area contributed by atoms with Gasteiger partial charge >= 0.3 is 10.4 Å². The SMILES string of the molecule is [2H]C([2H])([2H])C([2H])(C)C(CC[C@@H](C)[C@H]1CCC2C3C(CC[C@@]21C)[C@@]1(C)CC[C@H](NCCCNCCCCCCCCN)C[C@@H]1C[C@H]3OP)OS(=O)(=O)O. The van der Waals surface area contributed by atoms with Gasteiger partial charge in [0.2, 0.25) is 0 Å². The summed E-state index contributed by atoms with van der Waals surface area (Å²) in [5.41, 5.74) is 6.00. The van der Waals surface area contributed by atoms with Crippen LogP contribution < -0.4 is 16.4 Å². The van der Waals surface area contributed by atoms with Gasteiger partial charge in [-0.2, -0.15) is 8.42 Å². The lowest BCUT2D eigenvalue weighted by Gasteiger charge is -2.63. The summed E-state index contributed by atoms with van der Waals surface area (Å²) in [6.45, 7) is 9.70. The Morgan fingerprint density at radius 3 is 2.33 bits per heavy atom. The van der Waals surface area contributed by atoms with Crippen LogP contribution >= 0.6 is 9.47 Å². The Labute approximate surface area is 303 Å². The first kappa shape index (κ1) is 35.2. The van der Waals surface area contributed by atoms with Crippen molar-refractivity contribution in [2.75, 3.05) is 26.2 Å². The van der Waals surface area contributed by atoms with Crippen LogP contribution in [0, 0.1) is 52.2 Å². The van der Waals surface area contributed by atoms with Crippen molar-refractivity contribution >= 4 is 19.9 Å². The molecule has 0 aromatic carbocycles. The fourth-order valence-corrected chi connectivity index (χ4v) is 12.2. The van der Waals surface area contributed by atoms with Crippen LogP contribution in [0.5, 0.6) is 0 Å². The number of unbranched alkanes of at least 4 members (excludes halogenated alkanes) is 5. The summed E-state index contributed by atoms with van der Waals surface area (Å²) in [6.07, 6.45) is 17.5. The Hall–Kier alpha value is 0.140. The van der Waals surface area contributed by atoms with E-state index in [-0.39, 0.29) is 23.9 Å². The molecule has 0 aromatic heterocycles. The molecule has 0 spiro atoms. The van der Waals surface area contributed by atoms with E-state index in [1.807, 2.05) is 0 Å². The number of hydrogen-bond acceptors (Lipinski definition) is 7. The number of rotatable bonds is 21. The van der Waals surface area contributed by atoms with Crippen molar-refractivity contribution in [3.05, 3.63) is 0 Å². The molecule has 0 radical (unpaired) electrons. The van der Waals surface area contributed by atoms with Crippen LogP contribution in [0.15, 0.2) is 0 Å². The monoisotopic (exact) mass is 720 g/mol. The minimum Gasteiger partial charge on any atom is -0.362 e. The van der Waals surface area contributed by atoms with Gasteiger partial charge in [-0.25, -0.2) is 4.18 Å². The van der Waals surface area contributed by atoms with Gasteiger partial charge in [0.25, 0.3) is 0 Å². The number of nitrogens with two attached hydrogens (primary N) is 1. The maximum atomic E-state index is 11.7. The van der Waals surface area contributed by atoms with Gasteiger partial charge in [0, 0.05) is 21.0 Å². The van der Waals surface area contributed by atoms with E-state index >= 15 is 0 Å². The molecule has 0 amide bonds. The van der Waals surface area contributed by atoms with Gasteiger partial charge in [-0.3, -0.25) is 4.55 Å². The van der Waals surface area contributed by atoms with E-state index in [0.29, 0.717) is 47.5 Å². The fraction of sp³-hybridized carbons (Fsp3) is 1.00. The average Bonchev–Trinajstić information content (AvgIpc) is 3.43. The molecule has 0 heterocycles. The molecule has 13 atom stereocenters. The Bertz CT molecular complexity index is 1220. The fourth-order valence-electron chi connectivity index (χ4n) is 11.3. The molecule has 48 heavy (non-hydrogen) atoms. The van der Waals surface area contributed by atoms with Crippen LogP contribution in [0.25, 0.3) is 0 Å². The lowest BCUT2D eigenvalue weighted by atomic mass is 9.43. The molecule has 4 rings (SSSR count). The predicted molar refractivity (Wildman–Crippen MR) is 201 cm³/mol. The maximum absolute atomic E-state index is 11.7. The third-order valence-corrected chi connectivity index (χ3v) is 14.8. The summed E-state index contributed by atoms with van der Waals surface area (Å²) in [5.74, 6) is 0.703. The third kappa shape index (κ3) is 10.4. The van der Waals surface area contributed by atoms with E-state index in [1.54, 1.807) is 0 Å². The van der Waals surface area contributed by atoms with E-state index < -0.39 is 29.2 Å². The number of hydrogen-bond donors (Lipinski definition) is 4. The van der Waals surface area contributed by atoms with E-state index in [1.165, 1.54) is 64.7 Å². The molecule has 6 unspecified atom stereocenters. The molecule has 8 nitrogen and oxygen atoms in total. The van der Waals surface area contributed by atoms with Crippen molar-refractivity contribution in [2.45, 2.75) is 162 Å². The topological polar surface area (TPSA) is 123 Å². The molecule has 0 saturated heterocycles. The predicted octanol–water partition coefficient (Wildman–Crippen LogP) is 7.93. The zero-order valence-corrected chi connectivity index (χ0v) is 32.7. The maximum Gasteiger partial charge on any atom is 0.397 e. The Morgan fingerprint density at radius 1 is 0.938 bits per heavy atom. The first-order chi connectivity index (χ1) is 24.4. The molecule has 4 fully saturated rings. The second-order valence-corrected chi connectivity index (χ2v) is 18.1. The second-order valence-electron chi connectivity index (χ2n) is 16.8. The van der Waals surface area contributed by atoms with Gasteiger partial charge in [-0.1, -0.05) is 60.2 Å². The molecular weight excluding hydrogens is 641 g/mol. The molecule has 0 aromatic rings. The second kappa shape index (κ2) is 18.8. The zero-order valence-electron chi connectivity index (χ0n) is 34.7. The first-order valence-corrected chi connectivity index (χ1v) is 21.4. The normalized spacial score (nSPS) is 39.1. The molecule has 4 aliphatic rings. The van der Waals surface area contributed by atoms with Crippen LogP contribution in [-0.4, -0.2) is 57.4 Å². The van der Waals surface area contributed by atoms with Gasteiger partial charge in [-0.15, -0.1) is 0 Å². The molecule has 4 aliphatic carbocycles. The van der Waals surface area contributed by atoms with E-state index in [0.717, 1.165) is 64.7 Å². The van der Waals surface area contributed by atoms with Crippen molar-refractivity contribution in [3.63, 3.8) is 0 Å². The van der Waals surface area contributed by atoms with Crippen molar-refractivity contribution < 1.29 is 27.2 Å². The Kier molecular flexibility index (Phi) is 13.8. The Morgan fingerprint density at radius 2 is 1.62 bits per heavy atom. The largest absolute Gasteiger partial charge is 0.397 e. The van der Waals surface area contributed by atoms with Gasteiger partial charge in [0.1, 0.15) is 0 Å². The van der Waals surface area contributed by atoms with Gasteiger partial charge in [-0.05, 0) is 162 Å². The van der Waals surface area contributed by atoms with Gasteiger partial charge in [0.15, 0.2) is 0 Å². The summed E-state index contributed by atoms with van der Waals surface area (Å²) in [6, 6.07) is 0.573. The van der Waals surface area contributed by atoms with Gasteiger partial charge < -0.3 is 20.9 Å². The highest BCUT2D eigenvalue weighted by atomic mass is 32.3. The van der Waals surface area contributed by atoms with E-state index in [4.69, 9.17) is 19.9 Å². The highest BCUT2D eigenvalue weighted by molar-refractivity contribution is 7.80. The zero-order chi connectivity index (χ0) is 38.4. The highest BCUT2D eigenvalue weighted by Crippen LogP contribution is 2.69. The standard InChI is InChI=1S/C38H74N3O5PS/c1-27(2)34(46-48(42,43)44)16-13-28(3)31-14-15-32-36-33(18-20-38(31,32)5)37(4)19-17-30(25-29(37)26-35(36)45-47)41-24-12-23-40-22-11-9-7-6-8-10-21-39/h27-36,40-41H,6-26,39,47H2,1-5H3,(H,42,43,44)/t28-,29-,30+,31-,32?,33?,34?,35-,36?,37+,38-/m1/s1/i1D3,27D/t27?,28-,29-,30+,31-,32?,33?,34?,35-,36?,37+,38-. The molecule has 0 aliphatic heterocycles. The molecule has 10 heteroatoms. The smallest absolute Gasteiger partial charge is 0.362 e. The van der Waals surface area contributed by atoms with Crippen LogP contribution in [0.1, 0.15) is 149 Å². The number of nitrogens with one attached hydrogen (secondary N) is 2. The van der Waals surface area contributed by atoms with Gasteiger partial charge in [0.05, 0.1) is 12.2 Å². The van der Waals surface area contributed by atoms with E-state index in [9.17, 15) is 13.0 Å². The van der Waals surface area contributed by atoms with Crippen molar-refractivity contribution in [3.8, 4) is 0 Å². The van der Waals surface area contributed by atoms with Crippen LogP contribution in [0.4, 0.5) is 0 Å². The first-order valence-electron chi connectivity index (χ1n) is 21.5. The van der Waals surface area contributed by atoms with Crippen LogP contribution in [-0.2, 0) is 19.1 Å². The molecular formula is C38H74N3O5PS. The summed E-state index contributed by atoms with van der Waals surface area (Å²) in [5, 5.41) is 7.56. The quantitative estimate of drug-likeness (QED) is 0.0536. The third-order valence-electron chi connectivity index (χ3n) is 14.0. The molecule has 4 saturated carbocycles. The average molecular weight is 720 g/mol. The summed E-state index contributed by atoms with van der Waals surface area (Å²) < 4.78 is 76.0. The summed E-state index contributed by atoms with van der Waals surface area (Å²) in [7, 11) is -2.30. The molecule has 5 N–H and O–H groups in total.